The van der Waals surface area contributed by atoms with Crippen molar-refractivity contribution in [3.05, 3.63) is 54.0 Å². The summed E-state index contributed by atoms with van der Waals surface area (Å²) in [6.07, 6.45) is 1.70. The van der Waals surface area contributed by atoms with Crippen molar-refractivity contribution >= 4 is 5.82 Å². The van der Waals surface area contributed by atoms with Gasteiger partial charge in [0.25, 0.3) is 5.89 Å². The van der Waals surface area contributed by atoms with Crippen LogP contribution in [0.25, 0.3) is 11.5 Å². The Morgan fingerprint density at radius 3 is 2.74 bits per heavy atom. The minimum atomic E-state index is 0.0130. The van der Waals surface area contributed by atoms with Crippen LogP contribution in [0.15, 0.2) is 47.1 Å². The van der Waals surface area contributed by atoms with Gasteiger partial charge in [-0.25, -0.2) is 4.98 Å². The van der Waals surface area contributed by atoms with Crippen LogP contribution >= 0.6 is 0 Å². The largest absolute Gasteiger partial charge is 0.496 e. The Labute approximate surface area is 158 Å². The van der Waals surface area contributed by atoms with E-state index in [1.807, 2.05) is 55.1 Å². The third kappa shape index (κ3) is 4.43. The van der Waals surface area contributed by atoms with E-state index < -0.39 is 0 Å². The molecule has 3 aromatic rings. The number of methoxy groups -OCH3 is 1. The molecule has 2 heterocycles. The summed E-state index contributed by atoms with van der Waals surface area (Å²) in [7, 11) is 1.65. The van der Waals surface area contributed by atoms with E-state index in [0.29, 0.717) is 24.8 Å². The summed E-state index contributed by atoms with van der Waals surface area (Å²) in [4.78, 5) is 10.9. The van der Waals surface area contributed by atoms with E-state index in [9.17, 15) is 5.11 Å². The maximum atomic E-state index is 9.51. The number of pyridine rings is 1. The van der Waals surface area contributed by atoms with Crippen LogP contribution in [0.3, 0.4) is 0 Å². The lowest BCUT2D eigenvalue weighted by Crippen LogP contribution is -2.27. The van der Waals surface area contributed by atoms with Crippen molar-refractivity contribution in [3.63, 3.8) is 0 Å². The molecule has 0 atom stereocenters. The Bertz CT molecular complexity index is 879. The van der Waals surface area contributed by atoms with Crippen LogP contribution in [0.1, 0.15) is 31.2 Å². The monoisotopic (exact) mass is 368 g/mol. The summed E-state index contributed by atoms with van der Waals surface area (Å²) in [6, 6.07) is 11.5. The number of para-hydroxylation sites is 1. The number of aromatic nitrogens is 3. The van der Waals surface area contributed by atoms with Crippen LogP contribution < -0.4 is 9.64 Å². The molecule has 3 rings (SSSR count). The van der Waals surface area contributed by atoms with Crippen molar-refractivity contribution in [2.75, 3.05) is 25.2 Å². The Morgan fingerprint density at radius 2 is 2.04 bits per heavy atom. The number of aliphatic hydroxyl groups excluding tert-OH is 1. The van der Waals surface area contributed by atoms with Crippen LogP contribution in [0.4, 0.5) is 5.82 Å². The molecular weight excluding hydrogens is 344 g/mol. The minimum Gasteiger partial charge on any atom is -0.496 e. The first-order chi connectivity index (χ1) is 13.1. The second-order valence-electron chi connectivity index (χ2n) is 6.47. The normalized spacial score (nSPS) is 11.0. The topological polar surface area (TPSA) is 84.5 Å². The highest BCUT2D eigenvalue weighted by atomic mass is 16.5. The Balaban J connectivity index is 1.89. The Morgan fingerprint density at radius 1 is 1.22 bits per heavy atom. The molecule has 0 amide bonds. The van der Waals surface area contributed by atoms with Crippen molar-refractivity contribution in [3.8, 4) is 17.2 Å². The van der Waals surface area contributed by atoms with E-state index in [0.717, 1.165) is 22.7 Å². The Hall–Kier alpha value is -2.93. The van der Waals surface area contributed by atoms with Crippen LogP contribution in [-0.2, 0) is 6.54 Å². The molecule has 27 heavy (non-hydrogen) atoms. The molecule has 142 valence electrons. The predicted molar refractivity (Wildman–Crippen MR) is 103 cm³/mol. The minimum absolute atomic E-state index is 0.0130. The summed E-state index contributed by atoms with van der Waals surface area (Å²) in [6.45, 7) is 5.04. The van der Waals surface area contributed by atoms with Crippen LogP contribution in [0.2, 0.25) is 0 Å². The fourth-order valence-corrected chi connectivity index (χ4v) is 2.75. The number of ether oxygens (including phenoxy) is 1. The molecule has 2 aromatic heterocycles. The molecule has 0 aliphatic rings. The smallest absolute Gasteiger partial charge is 0.258 e. The van der Waals surface area contributed by atoms with Crippen LogP contribution in [0.5, 0.6) is 5.75 Å². The zero-order chi connectivity index (χ0) is 19.2. The molecule has 0 aliphatic carbocycles. The number of aliphatic hydroxyl groups is 1. The summed E-state index contributed by atoms with van der Waals surface area (Å²) in [5.74, 6) is 2.85. The summed E-state index contributed by atoms with van der Waals surface area (Å²) in [5, 5.41) is 13.5. The van der Waals surface area contributed by atoms with Gasteiger partial charge in [-0.1, -0.05) is 37.2 Å². The molecule has 0 saturated carbocycles. The van der Waals surface area contributed by atoms with Gasteiger partial charge in [-0.05, 0) is 18.2 Å². The fourth-order valence-electron chi connectivity index (χ4n) is 2.75. The first-order valence-corrected chi connectivity index (χ1v) is 8.90. The summed E-state index contributed by atoms with van der Waals surface area (Å²) >= 11 is 0. The molecule has 0 aliphatic heterocycles. The molecule has 0 unspecified atom stereocenters. The molecule has 0 spiro atoms. The standard InChI is InChI=1S/C20H24N4O3/c1-14(2)19-22-20(27-23-19)15-8-9-21-18(12-15)24(10-11-25)13-16-6-4-5-7-17(16)26-3/h4-9,12,14,25H,10-11,13H2,1-3H3. The van der Waals surface area contributed by atoms with Crippen molar-refractivity contribution in [2.45, 2.75) is 26.3 Å². The van der Waals surface area contributed by atoms with Gasteiger partial charge in [0.2, 0.25) is 0 Å². The van der Waals surface area contributed by atoms with E-state index in [-0.39, 0.29) is 12.5 Å². The summed E-state index contributed by atoms with van der Waals surface area (Å²) < 4.78 is 10.8. The SMILES string of the molecule is COc1ccccc1CN(CCO)c1cc(-c2nc(C(C)C)no2)ccn1. The van der Waals surface area contributed by atoms with Gasteiger partial charge in [0.05, 0.1) is 13.7 Å². The van der Waals surface area contributed by atoms with Gasteiger partial charge in [0.15, 0.2) is 5.82 Å². The maximum Gasteiger partial charge on any atom is 0.258 e. The van der Waals surface area contributed by atoms with Gasteiger partial charge in [0.1, 0.15) is 11.6 Å². The van der Waals surface area contributed by atoms with Gasteiger partial charge >= 0.3 is 0 Å². The van der Waals surface area contributed by atoms with E-state index >= 15 is 0 Å². The molecule has 0 saturated heterocycles. The highest BCUT2D eigenvalue weighted by Crippen LogP contribution is 2.26. The third-order valence-electron chi connectivity index (χ3n) is 4.20. The molecule has 1 aromatic carbocycles. The number of anilines is 1. The second kappa shape index (κ2) is 8.64. The van der Waals surface area contributed by atoms with Gasteiger partial charge in [-0.3, -0.25) is 0 Å². The first kappa shape index (κ1) is 18.8. The highest BCUT2D eigenvalue weighted by molar-refractivity contribution is 5.59. The summed E-state index contributed by atoms with van der Waals surface area (Å²) in [5.41, 5.74) is 1.81. The van der Waals surface area contributed by atoms with Crippen LogP contribution in [-0.4, -0.2) is 40.5 Å². The zero-order valence-electron chi connectivity index (χ0n) is 15.8. The number of benzene rings is 1. The van der Waals surface area contributed by atoms with Gasteiger partial charge < -0.3 is 19.3 Å². The number of nitrogens with zero attached hydrogens (tertiary/aromatic N) is 4. The lowest BCUT2D eigenvalue weighted by Gasteiger charge is -2.24. The fraction of sp³-hybridized carbons (Fsp3) is 0.350. The van der Waals surface area contributed by atoms with Crippen molar-refractivity contribution in [1.29, 1.82) is 0 Å². The average molecular weight is 368 g/mol. The van der Waals surface area contributed by atoms with Gasteiger partial charge in [0, 0.05) is 36.3 Å². The average Bonchev–Trinajstić information content (AvgIpc) is 3.19. The van der Waals surface area contributed by atoms with E-state index in [4.69, 9.17) is 9.26 Å². The number of hydrogen-bond donors (Lipinski definition) is 1. The molecule has 7 heteroatoms. The van der Waals surface area contributed by atoms with Crippen molar-refractivity contribution in [2.24, 2.45) is 0 Å². The lowest BCUT2D eigenvalue weighted by atomic mass is 10.1. The van der Waals surface area contributed by atoms with E-state index in [1.165, 1.54) is 0 Å². The van der Waals surface area contributed by atoms with E-state index in [1.54, 1.807) is 13.3 Å². The lowest BCUT2D eigenvalue weighted by molar-refractivity contribution is 0.301. The molecule has 0 radical (unpaired) electrons. The highest BCUT2D eigenvalue weighted by Gasteiger charge is 2.15. The molecular formula is C20H24N4O3. The second-order valence-corrected chi connectivity index (χ2v) is 6.47. The molecule has 0 bridgehead atoms. The van der Waals surface area contributed by atoms with E-state index in [2.05, 4.69) is 15.1 Å². The van der Waals surface area contributed by atoms with Crippen molar-refractivity contribution in [1.82, 2.24) is 15.1 Å². The van der Waals surface area contributed by atoms with Gasteiger partial charge in [-0.15, -0.1) is 0 Å². The Kier molecular flexibility index (Phi) is 6.03. The number of hydrogen-bond acceptors (Lipinski definition) is 7. The van der Waals surface area contributed by atoms with Gasteiger partial charge in [-0.2, -0.15) is 4.98 Å². The zero-order valence-corrected chi connectivity index (χ0v) is 15.8. The molecule has 0 fully saturated rings. The third-order valence-corrected chi connectivity index (χ3v) is 4.20. The predicted octanol–water partition coefficient (Wildman–Crippen LogP) is 3.26. The quantitative estimate of drug-likeness (QED) is 0.653. The van der Waals surface area contributed by atoms with Crippen molar-refractivity contribution < 1.29 is 14.4 Å². The first-order valence-electron chi connectivity index (χ1n) is 8.90. The molecule has 7 nitrogen and oxygen atoms in total. The molecule has 1 N–H and O–H groups in total. The van der Waals surface area contributed by atoms with Crippen LogP contribution in [0, 0.1) is 0 Å². The number of rotatable bonds is 8. The maximum absolute atomic E-state index is 9.51.